The van der Waals surface area contributed by atoms with Gasteiger partial charge in [-0.25, -0.2) is 4.57 Å². The Balaban J connectivity index is 1.84. The van der Waals surface area contributed by atoms with Crippen LogP contribution in [0.2, 0.25) is 0 Å². The zero-order valence-electron chi connectivity index (χ0n) is 52.6. The topological polar surface area (TPSA) is 116 Å². The van der Waals surface area contributed by atoms with E-state index in [4.69, 9.17) is 27.8 Å². The first kappa shape index (κ1) is 74.0. The van der Waals surface area contributed by atoms with Crippen molar-refractivity contribution in [2.45, 2.75) is 322 Å². The quantitative estimate of drug-likeness (QED) is 0.0328. The van der Waals surface area contributed by atoms with Gasteiger partial charge in [0.05, 0.1) is 33.0 Å². The molecule has 2 fully saturated rings. The fourth-order valence-corrected chi connectivity index (χ4v) is 12.5. The number of ether oxygens (including phenoxy) is 3. The van der Waals surface area contributed by atoms with Gasteiger partial charge in [0, 0.05) is 58.7 Å². The molecule has 0 aromatic heterocycles. The lowest BCUT2D eigenvalue weighted by molar-refractivity contribution is -0.151. The lowest BCUT2D eigenvalue weighted by Crippen LogP contribution is -2.44. The minimum absolute atomic E-state index is 0.0381. The molecule has 2 rings (SSSR count). The number of likely N-dealkylation sites (tertiary alicyclic amines) is 1. The molecule has 2 heterocycles. The summed E-state index contributed by atoms with van der Waals surface area (Å²) in [5, 5.41) is 0. The molecular formula is C66H130N3O9P. The molecule has 79 heavy (non-hydrogen) atoms. The van der Waals surface area contributed by atoms with Crippen molar-refractivity contribution in [3.63, 3.8) is 0 Å². The summed E-state index contributed by atoms with van der Waals surface area (Å²) in [6.07, 6.45) is 48.8. The number of carbonyl (C=O) groups excluding carboxylic acids is 2. The molecule has 2 aliphatic rings. The summed E-state index contributed by atoms with van der Waals surface area (Å²) in [4.78, 5) is 33.7. The van der Waals surface area contributed by atoms with Crippen LogP contribution in [0.25, 0.3) is 0 Å². The molecule has 0 atom stereocenters. The summed E-state index contributed by atoms with van der Waals surface area (Å²) in [5.41, 5.74) is 0. The molecule has 468 valence electrons. The third-order valence-electron chi connectivity index (χ3n) is 16.5. The van der Waals surface area contributed by atoms with Gasteiger partial charge >= 0.3 is 19.8 Å². The number of unbranched alkanes of at least 4 members (excludes halogenated alkanes) is 28. The van der Waals surface area contributed by atoms with Crippen LogP contribution in [0.15, 0.2) is 0 Å². The van der Waals surface area contributed by atoms with Gasteiger partial charge in [-0.3, -0.25) is 28.1 Å². The van der Waals surface area contributed by atoms with E-state index in [0.717, 1.165) is 181 Å². The van der Waals surface area contributed by atoms with E-state index in [1.807, 2.05) is 0 Å². The van der Waals surface area contributed by atoms with E-state index in [-0.39, 0.29) is 24.1 Å². The van der Waals surface area contributed by atoms with Crippen LogP contribution in [-0.2, 0) is 41.9 Å². The second kappa shape index (κ2) is 54.8. The van der Waals surface area contributed by atoms with Crippen LogP contribution in [0.1, 0.15) is 310 Å². The van der Waals surface area contributed by atoms with Crippen molar-refractivity contribution in [2.24, 2.45) is 0 Å². The van der Waals surface area contributed by atoms with Crippen LogP contribution >= 0.6 is 7.82 Å². The van der Waals surface area contributed by atoms with Crippen LogP contribution in [0, 0.1) is 0 Å². The second-order valence-corrected chi connectivity index (χ2v) is 25.7. The predicted molar refractivity (Wildman–Crippen MR) is 331 cm³/mol. The molecule has 2 saturated heterocycles. The smallest absolute Gasteiger partial charge is 0.462 e. The number of phosphoric ester groups is 1. The molecule has 0 spiro atoms. The van der Waals surface area contributed by atoms with E-state index < -0.39 is 7.82 Å². The Morgan fingerprint density at radius 3 is 1.13 bits per heavy atom. The number of hydrogen-bond acceptors (Lipinski definition) is 12. The highest BCUT2D eigenvalue weighted by Gasteiger charge is 2.27. The Morgan fingerprint density at radius 1 is 0.405 bits per heavy atom. The lowest BCUT2D eigenvalue weighted by Gasteiger charge is -2.32. The average Bonchev–Trinajstić information content (AvgIpc) is 3.46. The van der Waals surface area contributed by atoms with Gasteiger partial charge in [0.1, 0.15) is 12.2 Å². The normalized spacial score (nSPS) is 14.8. The molecule has 2 aliphatic heterocycles. The first-order valence-electron chi connectivity index (χ1n) is 34.5. The predicted octanol–water partition coefficient (Wildman–Crippen LogP) is 18.2. The minimum Gasteiger partial charge on any atom is -0.462 e. The number of hydrogen-bond donors (Lipinski definition) is 0. The summed E-state index contributed by atoms with van der Waals surface area (Å²) in [6.45, 7) is 21.0. The molecular weight excluding hydrogens is 1010 g/mol. The molecule has 0 radical (unpaired) electrons. The molecule has 0 bridgehead atoms. The fourth-order valence-electron chi connectivity index (χ4n) is 11.3. The molecule has 0 aromatic rings. The Hall–Kier alpha value is -1.11. The number of phosphoric acid groups is 1. The van der Waals surface area contributed by atoms with Crippen molar-refractivity contribution in [3.8, 4) is 0 Å². The molecule has 0 amide bonds. The number of rotatable bonds is 59. The van der Waals surface area contributed by atoms with Crippen LogP contribution in [0.4, 0.5) is 0 Å². The molecule has 12 nitrogen and oxygen atoms in total. The number of esters is 2. The third kappa shape index (κ3) is 45.9. The zero-order valence-corrected chi connectivity index (χ0v) is 53.5. The first-order valence-corrected chi connectivity index (χ1v) is 35.9. The first-order chi connectivity index (χ1) is 38.8. The van der Waals surface area contributed by atoms with E-state index in [9.17, 15) is 14.2 Å². The lowest BCUT2D eigenvalue weighted by atomic mass is 10.0. The summed E-state index contributed by atoms with van der Waals surface area (Å²) in [6, 6.07) is 0. The van der Waals surface area contributed by atoms with Crippen molar-refractivity contribution in [1.29, 1.82) is 0 Å². The van der Waals surface area contributed by atoms with Gasteiger partial charge in [-0.2, -0.15) is 0 Å². The van der Waals surface area contributed by atoms with E-state index in [0.29, 0.717) is 32.7 Å². The maximum absolute atomic E-state index is 14.2. The number of morpholine rings is 1. The van der Waals surface area contributed by atoms with Crippen LogP contribution < -0.4 is 0 Å². The second-order valence-electron chi connectivity index (χ2n) is 24.0. The highest BCUT2D eigenvalue weighted by atomic mass is 31.2. The fraction of sp³-hybridized carbons (Fsp3) is 0.970. The van der Waals surface area contributed by atoms with Gasteiger partial charge in [-0.05, 0) is 109 Å². The maximum atomic E-state index is 14.2. The monoisotopic (exact) mass is 1140 g/mol. The van der Waals surface area contributed by atoms with Crippen molar-refractivity contribution in [2.75, 3.05) is 91.9 Å². The molecule has 13 heteroatoms. The Morgan fingerprint density at radius 2 is 0.734 bits per heavy atom. The Kier molecular flexibility index (Phi) is 51.3. The van der Waals surface area contributed by atoms with Crippen molar-refractivity contribution >= 4 is 19.8 Å². The van der Waals surface area contributed by atoms with Gasteiger partial charge in [0.25, 0.3) is 0 Å². The SMILES string of the molecule is CCCCCCCCC(CCCCCCCC)OC(=O)CCCCCCCOP(=O)(OCCCCCCCC(=O)OC(CCCCCCCC)CCCCCCCC)OCCCN(CCN1CCCCC1)CCN1CCOCC1. The van der Waals surface area contributed by atoms with Crippen molar-refractivity contribution in [3.05, 3.63) is 0 Å². The van der Waals surface area contributed by atoms with Gasteiger partial charge in [-0.1, -0.05) is 201 Å². The van der Waals surface area contributed by atoms with E-state index in [1.165, 1.54) is 161 Å². The summed E-state index contributed by atoms with van der Waals surface area (Å²) in [5.74, 6) is -0.0762. The van der Waals surface area contributed by atoms with Gasteiger partial charge in [0.15, 0.2) is 0 Å². The largest absolute Gasteiger partial charge is 0.474 e. The summed E-state index contributed by atoms with van der Waals surface area (Å²) < 4.78 is 50.2. The van der Waals surface area contributed by atoms with E-state index >= 15 is 0 Å². The standard InChI is InChI=1S/C66H130N3O9P/c1-5-9-13-17-23-32-43-63(44-33-24-18-14-10-6-2)77-65(70)47-36-27-21-29-40-58-74-79(72,76-60-42-51-68(53-52-67-49-38-31-39-50-67)54-55-69-56-61-73-62-57-69)75-59-41-30-22-28-37-48-66(71)78-64(45-34-25-19-15-11-7-3)46-35-26-20-16-12-8-4/h63-64H,5-62H2,1-4H3. The van der Waals surface area contributed by atoms with E-state index in [2.05, 4.69) is 42.4 Å². The van der Waals surface area contributed by atoms with Crippen molar-refractivity contribution < 1.29 is 41.9 Å². The van der Waals surface area contributed by atoms with Crippen LogP contribution in [0.5, 0.6) is 0 Å². The van der Waals surface area contributed by atoms with Gasteiger partial charge in [0.2, 0.25) is 0 Å². The molecule has 0 aliphatic carbocycles. The molecule has 0 aromatic carbocycles. The molecule has 0 saturated carbocycles. The minimum atomic E-state index is -3.76. The van der Waals surface area contributed by atoms with E-state index in [1.54, 1.807) is 0 Å². The highest BCUT2D eigenvalue weighted by molar-refractivity contribution is 7.48. The van der Waals surface area contributed by atoms with Gasteiger partial charge < -0.3 is 24.0 Å². The maximum Gasteiger partial charge on any atom is 0.474 e. The van der Waals surface area contributed by atoms with Crippen LogP contribution in [0.3, 0.4) is 0 Å². The highest BCUT2D eigenvalue weighted by Crippen LogP contribution is 2.50. The summed E-state index contributed by atoms with van der Waals surface area (Å²) in [7, 11) is -3.76. The number of nitrogens with zero attached hydrogens (tertiary/aromatic N) is 3. The summed E-state index contributed by atoms with van der Waals surface area (Å²) >= 11 is 0. The number of piperidine rings is 1. The Labute approximate surface area is 488 Å². The average molecular weight is 1140 g/mol. The van der Waals surface area contributed by atoms with Crippen molar-refractivity contribution in [1.82, 2.24) is 14.7 Å². The third-order valence-corrected chi connectivity index (χ3v) is 18.0. The Bertz CT molecular complexity index is 1260. The molecule has 0 N–H and O–H groups in total. The number of carbonyl (C=O) groups is 2. The van der Waals surface area contributed by atoms with Gasteiger partial charge in [-0.15, -0.1) is 0 Å². The van der Waals surface area contributed by atoms with Crippen LogP contribution in [-0.4, -0.2) is 131 Å². The molecule has 0 unspecified atom stereocenters. The zero-order chi connectivity index (χ0) is 56.8.